The fraction of sp³-hybridized carbons (Fsp3) is 0.231. The maximum atomic E-state index is 11.1. The van der Waals surface area contributed by atoms with Gasteiger partial charge in [-0.1, -0.05) is 0 Å². The topological polar surface area (TPSA) is 90.2 Å². The van der Waals surface area contributed by atoms with Gasteiger partial charge in [-0.15, -0.1) is 0 Å². The summed E-state index contributed by atoms with van der Waals surface area (Å²) < 4.78 is 5.26. The first-order valence-corrected chi connectivity index (χ1v) is 6.10. The van der Waals surface area contributed by atoms with Gasteiger partial charge in [0.25, 0.3) is 5.69 Å². The minimum absolute atomic E-state index is 0.0279. The Hall–Kier alpha value is -2.70. The molecule has 1 heterocycles. The van der Waals surface area contributed by atoms with E-state index in [9.17, 15) is 10.1 Å². The summed E-state index contributed by atoms with van der Waals surface area (Å²) in [7, 11) is 0. The molecule has 0 bridgehead atoms. The maximum absolute atomic E-state index is 11.1. The molecule has 7 heteroatoms. The van der Waals surface area contributed by atoms with Crippen LogP contribution in [0.1, 0.15) is 12.6 Å². The van der Waals surface area contributed by atoms with Crippen molar-refractivity contribution < 1.29 is 9.66 Å². The van der Waals surface area contributed by atoms with Gasteiger partial charge in [-0.2, -0.15) is 0 Å². The van der Waals surface area contributed by atoms with Crippen molar-refractivity contribution >= 4 is 11.4 Å². The largest absolute Gasteiger partial charge is 0.494 e. The minimum Gasteiger partial charge on any atom is -0.494 e. The molecule has 0 radical (unpaired) electrons. The number of nitro benzene ring substituents is 1. The number of aromatic nitrogens is 2. The molecule has 0 aliphatic carbocycles. The first-order chi connectivity index (χ1) is 9.70. The molecule has 104 valence electrons. The molecule has 0 fully saturated rings. The third-order valence-corrected chi connectivity index (χ3v) is 2.55. The number of hydrogen-bond donors (Lipinski definition) is 1. The SMILES string of the molecule is CCOc1ccc(NCc2cnccn2)c([N+](=O)[O-])c1. The molecule has 0 saturated heterocycles. The van der Waals surface area contributed by atoms with Crippen LogP contribution in [0.3, 0.4) is 0 Å². The Balaban J connectivity index is 2.16. The number of benzene rings is 1. The lowest BCUT2D eigenvalue weighted by Gasteiger charge is -2.08. The third kappa shape index (κ3) is 3.41. The normalized spacial score (nSPS) is 10.1. The summed E-state index contributed by atoms with van der Waals surface area (Å²) in [5, 5.41) is 14.1. The van der Waals surface area contributed by atoms with Crippen molar-refractivity contribution in [1.29, 1.82) is 0 Å². The first kappa shape index (κ1) is 13.7. The van der Waals surface area contributed by atoms with Gasteiger partial charge in [-0.05, 0) is 19.1 Å². The molecule has 0 aliphatic rings. The van der Waals surface area contributed by atoms with E-state index < -0.39 is 4.92 Å². The van der Waals surface area contributed by atoms with E-state index >= 15 is 0 Å². The first-order valence-electron chi connectivity index (χ1n) is 6.10. The van der Waals surface area contributed by atoms with E-state index in [0.717, 1.165) is 0 Å². The second kappa shape index (κ2) is 6.46. The molecule has 0 saturated carbocycles. The maximum Gasteiger partial charge on any atom is 0.296 e. The van der Waals surface area contributed by atoms with Crippen molar-refractivity contribution in [2.75, 3.05) is 11.9 Å². The average molecular weight is 274 g/mol. The molecular formula is C13H14N4O3. The van der Waals surface area contributed by atoms with Crippen LogP contribution < -0.4 is 10.1 Å². The lowest BCUT2D eigenvalue weighted by atomic mass is 10.2. The quantitative estimate of drug-likeness (QED) is 0.642. The van der Waals surface area contributed by atoms with Crippen LogP contribution in [0.2, 0.25) is 0 Å². The smallest absolute Gasteiger partial charge is 0.296 e. The molecule has 1 aromatic carbocycles. The Morgan fingerprint density at radius 1 is 1.40 bits per heavy atom. The number of nitro groups is 1. The average Bonchev–Trinajstić information content (AvgIpc) is 2.47. The standard InChI is InChI=1S/C13H14N4O3/c1-2-20-11-3-4-12(13(7-11)17(18)19)16-9-10-8-14-5-6-15-10/h3-8,16H,2,9H2,1H3. The monoisotopic (exact) mass is 274 g/mol. The summed E-state index contributed by atoms with van der Waals surface area (Å²) in [6.45, 7) is 2.65. The third-order valence-electron chi connectivity index (χ3n) is 2.55. The highest BCUT2D eigenvalue weighted by Crippen LogP contribution is 2.29. The number of ether oxygens (including phenoxy) is 1. The van der Waals surface area contributed by atoms with Gasteiger partial charge in [0.05, 0.1) is 36.0 Å². The highest BCUT2D eigenvalue weighted by Gasteiger charge is 2.15. The molecule has 0 spiro atoms. The molecule has 2 aromatic rings. The fourth-order valence-corrected chi connectivity index (χ4v) is 1.68. The van der Waals surface area contributed by atoms with Crippen molar-refractivity contribution in [1.82, 2.24) is 9.97 Å². The van der Waals surface area contributed by atoms with Crippen molar-refractivity contribution in [3.8, 4) is 5.75 Å². The highest BCUT2D eigenvalue weighted by molar-refractivity contribution is 5.63. The van der Waals surface area contributed by atoms with Crippen LogP contribution in [-0.4, -0.2) is 21.5 Å². The van der Waals surface area contributed by atoms with Crippen LogP contribution in [0, 0.1) is 10.1 Å². The van der Waals surface area contributed by atoms with Crippen molar-refractivity contribution in [2.24, 2.45) is 0 Å². The molecule has 0 aliphatic heterocycles. The molecule has 2 rings (SSSR count). The van der Waals surface area contributed by atoms with Gasteiger partial charge in [0.2, 0.25) is 0 Å². The van der Waals surface area contributed by atoms with Gasteiger partial charge in [0.1, 0.15) is 11.4 Å². The second-order valence-corrected chi connectivity index (χ2v) is 3.92. The van der Waals surface area contributed by atoms with Gasteiger partial charge in [0.15, 0.2) is 0 Å². The van der Waals surface area contributed by atoms with Crippen molar-refractivity contribution in [3.63, 3.8) is 0 Å². The Bertz CT molecular complexity index is 589. The summed E-state index contributed by atoms with van der Waals surface area (Å²) in [5.74, 6) is 0.476. The zero-order valence-corrected chi connectivity index (χ0v) is 10.9. The molecule has 20 heavy (non-hydrogen) atoms. The zero-order valence-electron chi connectivity index (χ0n) is 10.9. The summed E-state index contributed by atoms with van der Waals surface area (Å²) in [6, 6.07) is 4.72. The Labute approximate surface area is 115 Å². The minimum atomic E-state index is -0.443. The number of anilines is 1. The molecule has 7 nitrogen and oxygen atoms in total. The van der Waals surface area contributed by atoms with Crippen LogP contribution >= 0.6 is 0 Å². The Morgan fingerprint density at radius 3 is 2.90 bits per heavy atom. The molecule has 0 unspecified atom stereocenters. The Kier molecular flexibility index (Phi) is 4.43. The molecule has 1 N–H and O–H groups in total. The summed E-state index contributed by atoms with van der Waals surface area (Å²) in [6.07, 6.45) is 4.75. The predicted octanol–water partition coefficient (Wildman–Crippen LogP) is 2.40. The van der Waals surface area contributed by atoms with Crippen molar-refractivity contribution in [2.45, 2.75) is 13.5 Å². The molecule has 0 atom stereocenters. The van der Waals surface area contributed by atoms with E-state index in [1.54, 1.807) is 30.7 Å². The van der Waals surface area contributed by atoms with Gasteiger partial charge in [-0.25, -0.2) is 0 Å². The number of rotatable bonds is 6. The van der Waals surface area contributed by atoms with Gasteiger partial charge in [0, 0.05) is 12.4 Å². The number of nitrogens with one attached hydrogen (secondary N) is 1. The van der Waals surface area contributed by atoms with E-state index in [1.165, 1.54) is 6.07 Å². The fourth-order valence-electron chi connectivity index (χ4n) is 1.68. The van der Waals surface area contributed by atoms with Gasteiger partial charge in [-0.3, -0.25) is 20.1 Å². The van der Waals surface area contributed by atoms with Crippen LogP contribution in [0.5, 0.6) is 5.75 Å². The van der Waals surface area contributed by atoms with E-state index in [2.05, 4.69) is 15.3 Å². The lowest BCUT2D eigenvalue weighted by Crippen LogP contribution is -2.04. The molecule has 1 aromatic heterocycles. The van der Waals surface area contributed by atoms with Crippen LogP contribution in [0.25, 0.3) is 0 Å². The highest BCUT2D eigenvalue weighted by atomic mass is 16.6. The van der Waals surface area contributed by atoms with Crippen LogP contribution in [0.15, 0.2) is 36.8 Å². The zero-order chi connectivity index (χ0) is 14.4. The van der Waals surface area contributed by atoms with Crippen molar-refractivity contribution in [3.05, 3.63) is 52.6 Å². The second-order valence-electron chi connectivity index (χ2n) is 3.92. The summed E-state index contributed by atoms with van der Waals surface area (Å²) >= 11 is 0. The summed E-state index contributed by atoms with van der Waals surface area (Å²) in [5.41, 5.74) is 1.10. The van der Waals surface area contributed by atoms with Gasteiger partial charge >= 0.3 is 0 Å². The summed E-state index contributed by atoms with van der Waals surface area (Å²) in [4.78, 5) is 18.7. The van der Waals surface area contributed by atoms with E-state index in [-0.39, 0.29) is 5.69 Å². The number of nitrogens with zero attached hydrogens (tertiary/aromatic N) is 3. The van der Waals surface area contributed by atoms with Gasteiger partial charge < -0.3 is 10.1 Å². The van der Waals surface area contributed by atoms with E-state index in [0.29, 0.717) is 30.3 Å². The van der Waals surface area contributed by atoms with Crippen LogP contribution in [0.4, 0.5) is 11.4 Å². The van der Waals surface area contributed by atoms with E-state index in [4.69, 9.17) is 4.74 Å². The predicted molar refractivity (Wildman–Crippen MR) is 73.6 cm³/mol. The number of hydrogen-bond acceptors (Lipinski definition) is 6. The molecular weight excluding hydrogens is 260 g/mol. The molecule has 0 amide bonds. The lowest BCUT2D eigenvalue weighted by molar-refractivity contribution is -0.384. The van der Waals surface area contributed by atoms with E-state index in [1.807, 2.05) is 6.92 Å². The Morgan fingerprint density at radius 2 is 2.25 bits per heavy atom. The van der Waals surface area contributed by atoms with Crippen LogP contribution in [-0.2, 0) is 6.54 Å².